The van der Waals surface area contributed by atoms with Crippen LogP contribution in [0.25, 0.3) is 0 Å². The van der Waals surface area contributed by atoms with Crippen LogP contribution in [-0.4, -0.2) is 18.1 Å². The first kappa shape index (κ1) is 13.3. The lowest BCUT2D eigenvalue weighted by Gasteiger charge is -2.14. The van der Waals surface area contributed by atoms with E-state index in [1.807, 2.05) is 6.92 Å². The zero-order chi connectivity index (χ0) is 13.0. The Hall–Kier alpha value is -1.09. The van der Waals surface area contributed by atoms with Crippen molar-refractivity contribution in [3.8, 4) is 5.88 Å². The van der Waals surface area contributed by atoms with Crippen LogP contribution in [0.15, 0.2) is 6.07 Å². The fraction of sp³-hybridized carbons (Fsp3) is 0.667. The van der Waals surface area contributed by atoms with Crippen molar-refractivity contribution in [2.24, 2.45) is 5.92 Å². The molecule has 1 N–H and O–H groups in total. The Bertz CT molecular complexity index is 400. The van der Waals surface area contributed by atoms with Gasteiger partial charge in [0.05, 0.1) is 6.61 Å². The lowest BCUT2D eigenvalue weighted by molar-refractivity contribution is 0.283. The topological polar surface area (TPSA) is 34.2 Å². The van der Waals surface area contributed by atoms with E-state index in [0.717, 1.165) is 43.6 Å². The third-order valence-corrected chi connectivity index (χ3v) is 3.32. The quantitative estimate of drug-likeness (QED) is 0.753. The molecular weight excluding hydrogens is 224 g/mol. The summed E-state index contributed by atoms with van der Waals surface area (Å²) in [5, 5.41) is 3.44. The van der Waals surface area contributed by atoms with Gasteiger partial charge in [-0.3, -0.25) is 0 Å². The smallest absolute Gasteiger partial charge is 0.218 e. The SMILES string of the molecule is CCCNCc1c(C)cc(C)nc1OCC1CC1. The molecule has 0 amide bonds. The molecule has 0 aromatic carbocycles. The summed E-state index contributed by atoms with van der Waals surface area (Å²) < 4.78 is 5.90. The van der Waals surface area contributed by atoms with Crippen molar-refractivity contribution in [1.82, 2.24) is 10.3 Å². The molecule has 1 heterocycles. The molecule has 1 fully saturated rings. The van der Waals surface area contributed by atoms with E-state index in [1.165, 1.54) is 24.0 Å². The van der Waals surface area contributed by atoms with E-state index in [1.54, 1.807) is 0 Å². The summed E-state index contributed by atoms with van der Waals surface area (Å²) in [6.07, 6.45) is 3.78. The first-order chi connectivity index (χ1) is 8.70. The van der Waals surface area contributed by atoms with Crippen molar-refractivity contribution in [2.75, 3.05) is 13.2 Å². The van der Waals surface area contributed by atoms with Crippen LogP contribution in [0.4, 0.5) is 0 Å². The Kier molecular flexibility index (Phi) is 4.59. The highest BCUT2D eigenvalue weighted by Gasteiger charge is 2.23. The number of nitrogens with zero attached hydrogens (tertiary/aromatic N) is 1. The Morgan fingerprint density at radius 2 is 2.17 bits per heavy atom. The van der Waals surface area contributed by atoms with Gasteiger partial charge in [-0.1, -0.05) is 6.92 Å². The average molecular weight is 248 g/mol. The van der Waals surface area contributed by atoms with E-state index in [0.29, 0.717) is 0 Å². The van der Waals surface area contributed by atoms with E-state index in [9.17, 15) is 0 Å². The van der Waals surface area contributed by atoms with Gasteiger partial charge in [0.1, 0.15) is 0 Å². The predicted octanol–water partition coefficient (Wildman–Crippen LogP) is 2.99. The summed E-state index contributed by atoms with van der Waals surface area (Å²) in [5.41, 5.74) is 3.53. The van der Waals surface area contributed by atoms with Crippen LogP contribution < -0.4 is 10.1 Å². The van der Waals surface area contributed by atoms with Gasteiger partial charge in [0.25, 0.3) is 0 Å². The summed E-state index contributed by atoms with van der Waals surface area (Å²) in [6.45, 7) is 9.07. The first-order valence-electron chi connectivity index (χ1n) is 7.01. The Balaban J connectivity index is 2.06. The molecule has 1 saturated carbocycles. The van der Waals surface area contributed by atoms with E-state index >= 15 is 0 Å². The molecule has 1 aromatic rings. The second-order valence-electron chi connectivity index (χ2n) is 5.30. The van der Waals surface area contributed by atoms with Gasteiger partial charge in [-0.15, -0.1) is 0 Å². The van der Waals surface area contributed by atoms with Crippen LogP contribution >= 0.6 is 0 Å². The number of aryl methyl sites for hydroxylation is 2. The monoisotopic (exact) mass is 248 g/mol. The van der Waals surface area contributed by atoms with Crippen LogP contribution in [-0.2, 0) is 6.54 Å². The molecule has 0 aliphatic heterocycles. The average Bonchev–Trinajstić information content (AvgIpc) is 3.13. The van der Waals surface area contributed by atoms with E-state index in [-0.39, 0.29) is 0 Å². The fourth-order valence-electron chi connectivity index (χ4n) is 2.03. The van der Waals surface area contributed by atoms with Crippen molar-refractivity contribution in [1.29, 1.82) is 0 Å². The van der Waals surface area contributed by atoms with Crippen LogP contribution in [0, 0.1) is 19.8 Å². The van der Waals surface area contributed by atoms with E-state index in [4.69, 9.17) is 4.74 Å². The maximum atomic E-state index is 5.90. The normalized spacial score (nSPS) is 14.8. The maximum Gasteiger partial charge on any atom is 0.218 e. The molecule has 1 aliphatic rings. The van der Waals surface area contributed by atoms with Gasteiger partial charge in [0.15, 0.2) is 0 Å². The number of rotatable bonds is 7. The van der Waals surface area contributed by atoms with Gasteiger partial charge in [-0.2, -0.15) is 0 Å². The molecule has 0 atom stereocenters. The minimum Gasteiger partial charge on any atom is -0.477 e. The summed E-state index contributed by atoms with van der Waals surface area (Å²) in [5.74, 6) is 1.60. The second-order valence-corrected chi connectivity index (χ2v) is 5.30. The molecule has 0 bridgehead atoms. The van der Waals surface area contributed by atoms with E-state index in [2.05, 4.69) is 30.2 Å². The second kappa shape index (κ2) is 6.19. The zero-order valence-electron chi connectivity index (χ0n) is 11.8. The molecule has 0 unspecified atom stereocenters. The van der Waals surface area contributed by atoms with Gasteiger partial charge >= 0.3 is 0 Å². The van der Waals surface area contributed by atoms with E-state index < -0.39 is 0 Å². The highest BCUT2D eigenvalue weighted by Crippen LogP contribution is 2.30. The molecule has 3 heteroatoms. The maximum absolute atomic E-state index is 5.90. The lowest BCUT2D eigenvalue weighted by atomic mass is 10.1. The van der Waals surface area contributed by atoms with Crippen molar-refractivity contribution in [3.63, 3.8) is 0 Å². The number of hydrogen-bond donors (Lipinski definition) is 1. The largest absolute Gasteiger partial charge is 0.477 e. The minimum atomic E-state index is 0.768. The Labute approximate surface area is 110 Å². The van der Waals surface area contributed by atoms with Crippen LogP contribution in [0.2, 0.25) is 0 Å². The molecule has 18 heavy (non-hydrogen) atoms. The first-order valence-corrected chi connectivity index (χ1v) is 7.01. The summed E-state index contributed by atoms with van der Waals surface area (Å²) in [4.78, 5) is 4.55. The minimum absolute atomic E-state index is 0.768. The molecular formula is C15H24N2O. The zero-order valence-corrected chi connectivity index (χ0v) is 11.8. The van der Waals surface area contributed by atoms with Gasteiger partial charge in [0, 0.05) is 17.8 Å². The number of pyridine rings is 1. The molecule has 3 nitrogen and oxygen atoms in total. The molecule has 0 saturated heterocycles. The number of hydrogen-bond acceptors (Lipinski definition) is 3. The number of aromatic nitrogens is 1. The van der Waals surface area contributed by atoms with Crippen molar-refractivity contribution < 1.29 is 4.74 Å². The van der Waals surface area contributed by atoms with Gasteiger partial charge in [0.2, 0.25) is 5.88 Å². The van der Waals surface area contributed by atoms with Crippen LogP contribution in [0.3, 0.4) is 0 Å². The highest BCUT2D eigenvalue weighted by atomic mass is 16.5. The molecule has 2 rings (SSSR count). The summed E-state index contributed by atoms with van der Waals surface area (Å²) in [6, 6.07) is 2.13. The Morgan fingerprint density at radius 1 is 1.39 bits per heavy atom. The van der Waals surface area contributed by atoms with Gasteiger partial charge in [-0.25, -0.2) is 4.98 Å². The van der Waals surface area contributed by atoms with Crippen molar-refractivity contribution in [2.45, 2.75) is 46.6 Å². The van der Waals surface area contributed by atoms with Gasteiger partial charge < -0.3 is 10.1 Å². The number of nitrogens with one attached hydrogen (secondary N) is 1. The van der Waals surface area contributed by atoms with Crippen molar-refractivity contribution >= 4 is 0 Å². The fourth-order valence-corrected chi connectivity index (χ4v) is 2.03. The molecule has 1 aliphatic carbocycles. The molecule has 100 valence electrons. The highest BCUT2D eigenvalue weighted by molar-refractivity contribution is 5.35. The lowest BCUT2D eigenvalue weighted by Crippen LogP contribution is -2.17. The number of ether oxygens (including phenoxy) is 1. The third-order valence-electron chi connectivity index (χ3n) is 3.32. The summed E-state index contributed by atoms with van der Waals surface area (Å²) in [7, 11) is 0. The Morgan fingerprint density at radius 3 is 2.83 bits per heavy atom. The van der Waals surface area contributed by atoms with Crippen molar-refractivity contribution in [3.05, 3.63) is 22.9 Å². The standard InChI is InChI=1S/C15H24N2O/c1-4-7-16-9-14-11(2)8-12(3)17-15(14)18-10-13-5-6-13/h8,13,16H,4-7,9-10H2,1-3H3. The predicted molar refractivity (Wildman–Crippen MR) is 73.9 cm³/mol. The van der Waals surface area contributed by atoms with Gasteiger partial charge in [-0.05, 0) is 57.2 Å². The molecule has 0 radical (unpaired) electrons. The third kappa shape index (κ3) is 3.70. The molecule has 0 spiro atoms. The molecule has 1 aromatic heterocycles. The van der Waals surface area contributed by atoms with Crippen LogP contribution in [0.1, 0.15) is 43.0 Å². The summed E-state index contributed by atoms with van der Waals surface area (Å²) >= 11 is 0. The van der Waals surface area contributed by atoms with Crippen LogP contribution in [0.5, 0.6) is 5.88 Å².